The third-order valence-electron chi connectivity index (χ3n) is 4.73. The van der Waals surface area contributed by atoms with E-state index in [9.17, 15) is 13.2 Å². The highest BCUT2D eigenvalue weighted by atomic mass is 32.1. The van der Waals surface area contributed by atoms with Crippen LogP contribution in [0.2, 0.25) is 0 Å². The van der Waals surface area contributed by atoms with Gasteiger partial charge < -0.3 is 5.32 Å². The summed E-state index contributed by atoms with van der Waals surface area (Å²) < 4.78 is 38.4. The molecule has 0 radical (unpaired) electrons. The molecule has 0 saturated carbocycles. The second kappa shape index (κ2) is 7.48. The van der Waals surface area contributed by atoms with E-state index in [1.54, 1.807) is 0 Å². The molecule has 7 heteroatoms. The molecule has 0 aliphatic carbocycles. The van der Waals surface area contributed by atoms with E-state index in [-0.39, 0.29) is 0 Å². The summed E-state index contributed by atoms with van der Waals surface area (Å²) in [6.07, 6.45) is -2.90. The molecule has 3 nitrogen and oxygen atoms in total. The fourth-order valence-electron chi connectivity index (χ4n) is 3.11. The highest BCUT2D eigenvalue weighted by Crippen LogP contribution is 2.38. The van der Waals surface area contributed by atoms with E-state index in [0.29, 0.717) is 17.4 Å². The zero-order valence-electron chi connectivity index (χ0n) is 15.8. The van der Waals surface area contributed by atoms with E-state index < -0.39 is 11.7 Å². The van der Waals surface area contributed by atoms with E-state index in [1.165, 1.54) is 35.4 Å². The van der Waals surface area contributed by atoms with Crippen molar-refractivity contribution in [2.24, 2.45) is 0 Å². The number of rotatable bonds is 4. The summed E-state index contributed by atoms with van der Waals surface area (Å²) in [4.78, 5) is 9.50. The first-order chi connectivity index (χ1) is 13.8. The molecular formula is C22H18F3N3S. The molecule has 0 atom stereocenters. The number of nitrogens with zero attached hydrogens (tertiary/aromatic N) is 2. The van der Waals surface area contributed by atoms with Crippen LogP contribution in [0.5, 0.6) is 0 Å². The van der Waals surface area contributed by atoms with Crippen LogP contribution in [0.4, 0.5) is 24.7 Å². The largest absolute Gasteiger partial charge is 0.416 e. The number of aromatic nitrogens is 2. The number of thiophene rings is 1. The molecule has 0 aliphatic rings. The van der Waals surface area contributed by atoms with Crippen molar-refractivity contribution in [3.8, 4) is 11.1 Å². The van der Waals surface area contributed by atoms with E-state index in [4.69, 9.17) is 0 Å². The molecule has 2 aromatic carbocycles. The van der Waals surface area contributed by atoms with Gasteiger partial charge in [0.1, 0.15) is 17.0 Å². The molecule has 0 aliphatic heterocycles. The first-order valence-electron chi connectivity index (χ1n) is 9.10. The highest BCUT2D eigenvalue weighted by molar-refractivity contribution is 7.17. The first kappa shape index (κ1) is 19.4. The molecule has 29 heavy (non-hydrogen) atoms. The SMILES string of the molecule is CC(C)c1ccc(-c2csc3ncnc(Nc4ccc(C(F)(F)F)cc4)c23)cc1. The molecule has 2 aromatic heterocycles. The van der Waals surface area contributed by atoms with Crippen molar-refractivity contribution in [1.82, 2.24) is 9.97 Å². The average molecular weight is 413 g/mol. The van der Waals surface area contributed by atoms with Crippen LogP contribution in [0.1, 0.15) is 30.9 Å². The van der Waals surface area contributed by atoms with Crippen molar-refractivity contribution in [2.45, 2.75) is 25.9 Å². The van der Waals surface area contributed by atoms with Crippen molar-refractivity contribution in [1.29, 1.82) is 0 Å². The Bertz CT molecular complexity index is 1130. The standard InChI is InChI=1S/C22H18F3N3S/c1-13(2)14-3-5-15(6-4-14)18-11-29-21-19(18)20(26-12-27-21)28-17-9-7-16(8-10-17)22(23,24)25/h3-13H,1-2H3,(H,26,27,28). The topological polar surface area (TPSA) is 37.8 Å². The second-order valence-corrected chi connectivity index (χ2v) is 7.89. The number of hydrogen-bond donors (Lipinski definition) is 1. The quantitative estimate of drug-likeness (QED) is 0.383. The summed E-state index contributed by atoms with van der Waals surface area (Å²) >= 11 is 1.51. The maximum absolute atomic E-state index is 12.8. The van der Waals surface area contributed by atoms with Gasteiger partial charge in [0.05, 0.1) is 10.9 Å². The number of anilines is 2. The lowest BCUT2D eigenvalue weighted by Gasteiger charge is -2.11. The molecule has 4 aromatic rings. The van der Waals surface area contributed by atoms with Gasteiger partial charge in [0.25, 0.3) is 0 Å². The number of fused-ring (bicyclic) bond motifs is 1. The summed E-state index contributed by atoms with van der Waals surface area (Å²) in [5, 5.41) is 6.03. The van der Waals surface area contributed by atoms with Gasteiger partial charge in [0, 0.05) is 16.6 Å². The van der Waals surface area contributed by atoms with Crippen LogP contribution in [0, 0.1) is 0 Å². The van der Waals surface area contributed by atoms with Crippen LogP contribution in [-0.4, -0.2) is 9.97 Å². The molecule has 0 unspecified atom stereocenters. The Hall–Kier alpha value is -2.93. The summed E-state index contributed by atoms with van der Waals surface area (Å²) in [7, 11) is 0. The van der Waals surface area contributed by atoms with Crippen LogP contribution in [0.3, 0.4) is 0 Å². The first-order valence-corrected chi connectivity index (χ1v) is 9.97. The van der Waals surface area contributed by atoms with E-state index in [0.717, 1.165) is 33.5 Å². The van der Waals surface area contributed by atoms with Crippen LogP contribution in [-0.2, 0) is 6.18 Å². The smallest absolute Gasteiger partial charge is 0.340 e. The van der Waals surface area contributed by atoms with Gasteiger partial charge in [-0.05, 0) is 41.3 Å². The van der Waals surface area contributed by atoms with E-state index >= 15 is 0 Å². The van der Waals surface area contributed by atoms with Crippen LogP contribution in [0.15, 0.2) is 60.2 Å². The highest BCUT2D eigenvalue weighted by Gasteiger charge is 2.30. The Balaban J connectivity index is 1.71. The summed E-state index contributed by atoms with van der Waals surface area (Å²) in [6, 6.07) is 13.3. The van der Waals surface area contributed by atoms with Gasteiger partial charge in [0.15, 0.2) is 0 Å². The molecule has 0 saturated heterocycles. The Morgan fingerprint density at radius 1 is 0.931 bits per heavy atom. The van der Waals surface area contributed by atoms with Gasteiger partial charge >= 0.3 is 6.18 Å². The fraction of sp³-hybridized carbons (Fsp3) is 0.182. The van der Waals surface area contributed by atoms with Crippen molar-refractivity contribution >= 4 is 33.1 Å². The molecule has 0 bridgehead atoms. The van der Waals surface area contributed by atoms with Gasteiger partial charge in [-0.2, -0.15) is 13.2 Å². The van der Waals surface area contributed by atoms with Crippen LogP contribution in [0.25, 0.3) is 21.3 Å². The predicted molar refractivity (Wildman–Crippen MR) is 112 cm³/mol. The third-order valence-corrected chi connectivity index (χ3v) is 5.62. The number of alkyl halides is 3. The van der Waals surface area contributed by atoms with Crippen LogP contribution >= 0.6 is 11.3 Å². The van der Waals surface area contributed by atoms with Gasteiger partial charge in [-0.25, -0.2) is 9.97 Å². The lowest BCUT2D eigenvalue weighted by atomic mass is 9.99. The predicted octanol–water partition coefficient (Wildman–Crippen LogP) is 7.24. The fourth-order valence-corrected chi connectivity index (χ4v) is 4.03. The molecule has 148 valence electrons. The minimum atomic E-state index is -4.36. The van der Waals surface area contributed by atoms with Gasteiger partial charge in [-0.1, -0.05) is 38.1 Å². The van der Waals surface area contributed by atoms with Gasteiger partial charge in [0.2, 0.25) is 0 Å². The molecule has 0 fully saturated rings. The van der Waals surface area contributed by atoms with Crippen molar-refractivity contribution in [3.63, 3.8) is 0 Å². The second-order valence-electron chi connectivity index (χ2n) is 7.03. The van der Waals surface area contributed by atoms with Gasteiger partial charge in [-0.3, -0.25) is 0 Å². The molecule has 2 heterocycles. The summed E-state index contributed by atoms with van der Waals surface area (Å²) in [5.74, 6) is 1.02. The average Bonchev–Trinajstić information content (AvgIpc) is 3.13. The molecule has 0 amide bonds. The summed E-state index contributed by atoms with van der Waals surface area (Å²) in [5.41, 5.74) is 3.15. The lowest BCUT2D eigenvalue weighted by molar-refractivity contribution is -0.137. The molecule has 1 N–H and O–H groups in total. The zero-order valence-corrected chi connectivity index (χ0v) is 16.6. The monoisotopic (exact) mass is 413 g/mol. The Kier molecular flexibility index (Phi) is 5.00. The number of halogens is 3. The Morgan fingerprint density at radius 3 is 2.24 bits per heavy atom. The van der Waals surface area contributed by atoms with Crippen molar-refractivity contribution in [3.05, 3.63) is 71.4 Å². The summed E-state index contributed by atoms with van der Waals surface area (Å²) in [6.45, 7) is 4.30. The number of nitrogens with one attached hydrogen (secondary N) is 1. The van der Waals surface area contributed by atoms with Crippen LogP contribution < -0.4 is 5.32 Å². The minimum absolute atomic E-state index is 0.448. The van der Waals surface area contributed by atoms with Crippen molar-refractivity contribution in [2.75, 3.05) is 5.32 Å². The lowest BCUT2D eigenvalue weighted by Crippen LogP contribution is -2.04. The number of hydrogen-bond acceptors (Lipinski definition) is 4. The zero-order chi connectivity index (χ0) is 20.6. The molecular weight excluding hydrogens is 395 g/mol. The van der Waals surface area contributed by atoms with E-state index in [1.807, 2.05) is 5.38 Å². The maximum atomic E-state index is 12.8. The third kappa shape index (κ3) is 3.96. The molecule has 0 spiro atoms. The minimum Gasteiger partial charge on any atom is -0.340 e. The molecule has 4 rings (SSSR count). The van der Waals surface area contributed by atoms with E-state index in [2.05, 4.69) is 53.4 Å². The maximum Gasteiger partial charge on any atom is 0.416 e. The Labute approximate surface area is 170 Å². The van der Waals surface area contributed by atoms with Crippen molar-refractivity contribution < 1.29 is 13.2 Å². The Morgan fingerprint density at radius 2 is 1.62 bits per heavy atom. The normalized spacial score (nSPS) is 11.9. The van der Waals surface area contributed by atoms with Gasteiger partial charge in [-0.15, -0.1) is 11.3 Å². The number of benzene rings is 2.